The van der Waals surface area contributed by atoms with E-state index in [1.165, 1.54) is 0 Å². The Hall–Kier alpha value is -0.207. The third-order valence-electron chi connectivity index (χ3n) is 1.49. The van der Waals surface area contributed by atoms with Gasteiger partial charge in [-0.3, -0.25) is 0 Å². The van der Waals surface area contributed by atoms with Crippen LogP contribution in [0.5, 0.6) is 11.5 Å². The minimum atomic E-state index is 0. The first-order chi connectivity index (χ1) is 5.27. The summed E-state index contributed by atoms with van der Waals surface area (Å²) in [6.45, 7) is 3.79. The molecule has 0 saturated carbocycles. The van der Waals surface area contributed by atoms with E-state index in [1.54, 1.807) is 14.2 Å². The van der Waals surface area contributed by atoms with E-state index in [2.05, 4.69) is 6.92 Å². The van der Waals surface area contributed by atoms with Crippen molar-refractivity contribution >= 4 is 0 Å². The summed E-state index contributed by atoms with van der Waals surface area (Å²) in [5.41, 5.74) is 0.840. The predicted molar refractivity (Wildman–Crippen MR) is 44.0 cm³/mol. The van der Waals surface area contributed by atoms with Crippen LogP contribution in [-0.2, 0) is 19.5 Å². The van der Waals surface area contributed by atoms with E-state index in [-0.39, 0.29) is 36.5 Å². The van der Waals surface area contributed by atoms with Crippen molar-refractivity contribution in [2.24, 2.45) is 0 Å². The molecule has 0 heterocycles. The zero-order valence-corrected chi connectivity index (χ0v) is 12.4. The van der Waals surface area contributed by atoms with Crippen LogP contribution < -0.4 is 26.5 Å². The molecule has 68 valence electrons. The van der Waals surface area contributed by atoms with Gasteiger partial charge in [0.1, 0.15) is 0 Å². The molecule has 0 radical (unpaired) electrons. The van der Waals surface area contributed by atoms with Crippen molar-refractivity contribution in [1.82, 2.24) is 0 Å². The van der Waals surface area contributed by atoms with Crippen molar-refractivity contribution in [3.05, 3.63) is 30.7 Å². The normalized spacial score (nSPS) is 7.85. The van der Waals surface area contributed by atoms with Gasteiger partial charge in [-0.05, 0) is 6.07 Å². The van der Waals surface area contributed by atoms with Crippen LogP contribution in [0.1, 0.15) is 5.56 Å². The number of methoxy groups -OCH3 is 2. The Bertz CT molecular complexity index is 253. The third-order valence-corrected chi connectivity index (χ3v) is 1.49. The van der Waals surface area contributed by atoms with Crippen molar-refractivity contribution in [2.45, 2.75) is 0 Å². The molecule has 0 unspecified atom stereocenters. The zero-order chi connectivity index (χ0) is 8.27. The standard InChI is InChI=1S/C9H11O2.BrH.Zn/c1-7-6-8(10-2)4-5-9(7)11-3;;/h4-6H,1H2,2-3H3;1H;/q-1;;+2/p-1. The van der Waals surface area contributed by atoms with E-state index in [9.17, 15) is 0 Å². The Balaban J connectivity index is 0. The van der Waals surface area contributed by atoms with Crippen LogP contribution in [0.2, 0.25) is 0 Å². The van der Waals surface area contributed by atoms with Crippen LogP contribution in [0.25, 0.3) is 0 Å². The van der Waals surface area contributed by atoms with Crippen LogP contribution in [-0.4, -0.2) is 14.2 Å². The van der Waals surface area contributed by atoms with Gasteiger partial charge < -0.3 is 26.5 Å². The summed E-state index contributed by atoms with van der Waals surface area (Å²) < 4.78 is 10.0. The first-order valence-corrected chi connectivity index (χ1v) is 3.32. The number of rotatable bonds is 2. The van der Waals surface area contributed by atoms with Gasteiger partial charge in [0.25, 0.3) is 0 Å². The smallest absolute Gasteiger partial charge is 1.00 e. The second-order valence-electron chi connectivity index (χ2n) is 2.18. The number of halogens is 1. The molecule has 0 aromatic heterocycles. The Kier molecular flexibility index (Phi) is 8.48. The van der Waals surface area contributed by atoms with Crippen LogP contribution in [0.15, 0.2) is 18.2 Å². The molecule has 0 saturated heterocycles. The maximum absolute atomic E-state index is 5.03. The van der Waals surface area contributed by atoms with Gasteiger partial charge in [-0.1, -0.05) is 6.07 Å². The fourth-order valence-electron chi connectivity index (χ4n) is 0.882. The molecule has 0 bridgehead atoms. The van der Waals surface area contributed by atoms with E-state index in [0.717, 1.165) is 17.1 Å². The fourth-order valence-corrected chi connectivity index (χ4v) is 0.882. The molecular weight excluding hydrogens is 285 g/mol. The summed E-state index contributed by atoms with van der Waals surface area (Å²) >= 11 is 0. The molecule has 0 spiro atoms. The molecule has 0 fully saturated rings. The number of benzene rings is 1. The first-order valence-electron chi connectivity index (χ1n) is 3.32. The summed E-state index contributed by atoms with van der Waals surface area (Å²) in [4.78, 5) is 0. The Labute approximate surface area is 102 Å². The number of hydrogen-bond acceptors (Lipinski definition) is 2. The molecule has 0 aliphatic rings. The van der Waals surface area contributed by atoms with E-state index < -0.39 is 0 Å². The van der Waals surface area contributed by atoms with Crippen molar-refractivity contribution in [1.29, 1.82) is 0 Å². The monoisotopic (exact) mass is 294 g/mol. The Morgan fingerprint density at radius 3 is 2.15 bits per heavy atom. The van der Waals surface area contributed by atoms with Crippen LogP contribution in [0.4, 0.5) is 0 Å². The van der Waals surface area contributed by atoms with Crippen LogP contribution >= 0.6 is 0 Å². The van der Waals surface area contributed by atoms with Gasteiger partial charge in [0.2, 0.25) is 0 Å². The maximum Gasteiger partial charge on any atom is 2.00 e. The maximum atomic E-state index is 5.03. The van der Waals surface area contributed by atoms with Gasteiger partial charge in [-0.25, -0.2) is 0 Å². The van der Waals surface area contributed by atoms with Gasteiger partial charge in [-0.15, -0.1) is 6.07 Å². The molecule has 0 aliphatic carbocycles. The molecule has 0 atom stereocenters. The summed E-state index contributed by atoms with van der Waals surface area (Å²) in [5, 5.41) is 0. The van der Waals surface area contributed by atoms with E-state index in [0.29, 0.717) is 0 Å². The summed E-state index contributed by atoms with van der Waals surface area (Å²) in [7, 11) is 3.25. The summed E-state index contributed by atoms with van der Waals surface area (Å²) in [6, 6.07) is 5.51. The van der Waals surface area contributed by atoms with Gasteiger partial charge >= 0.3 is 19.5 Å². The van der Waals surface area contributed by atoms with Crippen LogP contribution in [0, 0.1) is 6.92 Å². The molecule has 0 N–H and O–H groups in total. The quantitative estimate of drug-likeness (QED) is 0.509. The van der Waals surface area contributed by atoms with Gasteiger partial charge in [-0.2, -0.15) is 12.5 Å². The molecule has 0 aliphatic heterocycles. The van der Waals surface area contributed by atoms with Gasteiger partial charge in [0.05, 0.1) is 20.0 Å². The van der Waals surface area contributed by atoms with E-state index >= 15 is 0 Å². The molecular formula is C9H11BrO2Zn. The van der Waals surface area contributed by atoms with E-state index in [1.807, 2.05) is 18.2 Å². The first kappa shape index (κ1) is 15.3. The van der Waals surface area contributed by atoms with Crippen molar-refractivity contribution in [3.8, 4) is 11.5 Å². The van der Waals surface area contributed by atoms with Gasteiger partial charge in [0.15, 0.2) is 0 Å². The zero-order valence-electron chi connectivity index (χ0n) is 7.84. The number of ether oxygens (including phenoxy) is 2. The second kappa shape index (κ2) is 7.22. The summed E-state index contributed by atoms with van der Waals surface area (Å²) in [6.07, 6.45) is 0. The largest absolute Gasteiger partial charge is 2.00 e. The minimum Gasteiger partial charge on any atom is -1.00 e. The fraction of sp³-hybridized carbons (Fsp3) is 0.222. The average molecular weight is 296 g/mol. The van der Waals surface area contributed by atoms with Crippen LogP contribution in [0.3, 0.4) is 0 Å². The Morgan fingerprint density at radius 1 is 1.15 bits per heavy atom. The Morgan fingerprint density at radius 2 is 1.77 bits per heavy atom. The average Bonchev–Trinajstić information content (AvgIpc) is 2.04. The molecule has 1 aromatic carbocycles. The predicted octanol–water partition coefficient (Wildman–Crippen LogP) is -1.11. The second-order valence-corrected chi connectivity index (χ2v) is 2.18. The molecule has 0 amide bonds. The molecule has 1 rings (SSSR count). The molecule has 13 heavy (non-hydrogen) atoms. The molecule has 2 nitrogen and oxygen atoms in total. The molecule has 1 aromatic rings. The number of hydrogen-bond donors (Lipinski definition) is 0. The topological polar surface area (TPSA) is 18.5 Å². The third kappa shape index (κ3) is 4.01. The SMILES string of the molecule is [Br-].[CH2-]c1cc(OC)ccc1OC.[Zn+2]. The van der Waals surface area contributed by atoms with E-state index in [4.69, 9.17) is 9.47 Å². The van der Waals surface area contributed by atoms with Crippen molar-refractivity contribution in [3.63, 3.8) is 0 Å². The van der Waals surface area contributed by atoms with Crippen molar-refractivity contribution in [2.75, 3.05) is 14.2 Å². The summed E-state index contributed by atoms with van der Waals surface area (Å²) in [5.74, 6) is 1.58. The molecule has 4 heteroatoms. The van der Waals surface area contributed by atoms with Gasteiger partial charge in [0, 0.05) is 5.75 Å². The van der Waals surface area contributed by atoms with Crippen molar-refractivity contribution < 1.29 is 45.9 Å². The minimum absolute atomic E-state index is 0.